The predicted molar refractivity (Wildman–Crippen MR) is 60.2 cm³/mol. The molecule has 0 bridgehead atoms. The Morgan fingerprint density at radius 2 is 2.00 bits per heavy atom. The van der Waals surface area contributed by atoms with Crippen molar-refractivity contribution in [3.63, 3.8) is 0 Å². The van der Waals surface area contributed by atoms with Crippen molar-refractivity contribution in [1.82, 2.24) is 9.59 Å². The molecule has 5 heteroatoms. The van der Waals surface area contributed by atoms with Crippen LogP contribution in [-0.2, 0) is 0 Å². The summed E-state index contributed by atoms with van der Waals surface area (Å²) in [6, 6.07) is 7.10. The third-order valence-electron chi connectivity index (χ3n) is 2.12. The molecule has 78 valence electrons. The minimum Gasteiger partial charge on any atom is -0.383 e. The average Bonchev–Trinajstić information content (AvgIpc) is 2.65. The van der Waals surface area contributed by atoms with Gasteiger partial charge in [0.1, 0.15) is 6.10 Å². The van der Waals surface area contributed by atoms with Crippen LogP contribution in [0.2, 0.25) is 5.02 Å². The number of benzene rings is 1. The monoisotopic (exact) mass is 240 g/mol. The molecule has 1 atom stereocenters. The fraction of sp³-hybridized carbons (Fsp3) is 0.200. The summed E-state index contributed by atoms with van der Waals surface area (Å²) in [7, 11) is 0. The van der Waals surface area contributed by atoms with Crippen LogP contribution in [0.25, 0.3) is 0 Å². The first-order valence-electron chi connectivity index (χ1n) is 4.41. The maximum atomic E-state index is 10.0. The van der Waals surface area contributed by atoms with Crippen molar-refractivity contribution in [3.8, 4) is 0 Å². The fourth-order valence-electron chi connectivity index (χ4n) is 1.29. The van der Waals surface area contributed by atoms with Crippen molar-refractivity contribution >= 4 is 23.1 Å². The molecule has 2 aromatic rings. The molecular weight excluding hydrogens is 232 g/mol. The Balaban J connectivity index is 2.32. The van der Waals surface area contributed by atoms with E-state index in [9.17, 15) is 5.11 Å². The van der Waals surface area contributed by atoms with Gasteiger partial charge in [-0.2, -0.15) is 0 Å². The Bertz CT molecular complexity index is 455. The van der Waals surface area contributed by atoms with Gasteiger partial charge in [-0.3, -0.25) is 0 Å². The molecule has 1 N–H and O–H groups in total. The average molecular weight is 241 g/mol. The summed E-state index contributed by atoms with van der Waals surface area (Å²) >= 11 is 6.98. The zero-order valence-corrected chi connectivity index (χ0v) is 9.59. The van der Waals surface area contributed by atoms with Crippen molar-refractivity contribution < 1.29 is 5.11 Å². The molecule has 1 aromatic heterocycles. The van der Waals surface area contributed by atoms with Gasteiger partial charge < -0.3 is 5.11 Å². The molecule has 0 aliphatic carbocycles. The largest absolute Gasteiger partial charge is 0.383 e. The quantitative estimate of drug-likeness (QED) is 0.878. The number of aliphatic hydroxyl groups excluding tert-OH is 1. The number of hydrogen-bond acceptors (Lipinski definition) is 4. The molecule has 0 spiro atoms. The van der Waals surface area contributed by atoms with Crippen molar-refractivity contribution in [2.45, 2.75) is 13.0 Å². The van der Waals surface area contributed by atoms with Crippen LogP contribution in [0, 0.1) is 6.92 Å². The molecule has 0 fully saturated rings. The first-order valence-corrected chi connectivity index (χ1v) is 5.56. The van der Waals surface area contributed by atoms with E-state index < -0.39 is 6.10 Å². The number of halogens is 1. The SMILES string of the molecule is Cc1nnsc1C(O)c1ccc(Cl)cc1. The van der Waals surface area contributed by atoms with E-state index in [4.69, 9.17) is 11.6 Å². The molecule has 3 nitrogen and oxygen atoms in total. The van der Waals surface area contributed by atoms with Gasteiger partial charge in [-0.25, -0.2) is 0 Å². The summed E-state index contributed by atoms with van der Waals surface area (Å²) in [6.07, 6.45) is -0.665. The lowest BCUT2D eigenvalue weighted by molar-refractivity contribution is 0.223. The van der Waals surface area contributed by atoms with Crippen LogP contribution < -0.4 is 0 Å². The van der Waals surface area contributed by atoms with Crippen LogP contribution in [0.4, 0.5) is 0 Å². The zero-order chi connectivity index (χ0) is 10.8. The predicted octanol–water partition coefficient (Wildman–Crippen LogP) is 2.58. The minimum absolute atomic E-state index is 0.658. The highest BCUT2D eigenvalue weighted by Gasteiger charge is 2.15. The Hall–Kier alpha value is -0.970. The van der Waals surface area contributed by atoms with Gasteiger partial charge in [0.2, 0.25) is 0 Å². The second-order valence-corrected chi connectivity index (χ2v) is 4.40. The normalized spacial score (nSPS) is 12.7. The van der Waals surface area contributed by atoms with Gasteiger partial charge in [0.15, 0.2) is 0 Å². The van der Waals surface area contributed by atoms with Crippen molar-refractivity contribution in [2.75, 3.05) is 0 Å². The first-order chi connectivity index (χ1) is 7.18. The fourth-order valence-corrected chi connectivity index (χ4v) is 2.07. The van der Waals surface area contributed by atoms with E-state index in [1.165, 1.54) is 11.5 Å². The van der Waals surface area contributed by atoms with Gasteiger partial charge in [0.25, 0.3) is 0 Å². The van der Waals surface area contributed by atoms with Gasteiger partial charge in [0, 0.05) is 5.02 Å². The highest BCUT2D eigenvalue weighted by Crippen LogP contribution is 2.27. The molecule has 2 rings (SSSR count). The smallest absolute Gasteiger partial charge is 0.117 e. The molecule has 0 aliphatic rings. The topological polar surface area (TPSA) is 46.0 Å². The van der Waals surface area contributed by atoms with Crippen LogP contribution in [0.1, 0.15) is 22.2 Å². The molecule has 0 amide bonds. The van der Waals surface area contributed by atoms with E-state index in [1.807, 2.05) is 6.92 Å². The Morgan fingerprint density at radius 1 is 1.33 bits per heavy atom. The lowest BCUT2D eigenvalue weighted by Gasteiger charge is -2.08. The zero-order valence-electron chi connectivity index (χ0n) is 8.01. The van der Waals surface area contributed by atoms with Crippen LogP contribution in [0.5, 0.6) is 0 Å². The van der Waals surface area contributed by atoms with Crippen molar-refractivity contribution in [3.05, 3.63) is 45.4 Å². The second kappa shape index (κ2) is 4.26. The van der Waals surface area contributed by atoms with Crippen molar-refractivity contribution in [1.29, 1.82) is 0 Å². The third-order valence-corrected chi connectivity index (χ3v) is 3.25. The number of aliphatic hydroxyl groups is 1. The maximum Gasteiger partial charge on any atom is 0.117 e. The van der Waals surface area contributed by atoms with E-state index in [-0.39, 0.29) is 0 Å². The second-order valence-electron chi connectivity index (χ2n) is 3.18. The summed E-state index contributed by atoms with van der Waals surface area (Å²) in [5, 5.41) is 14.6. The number of aryl methyl sites for hydroxylation is 1. The molecule has 0 saturated heterocycles. The Kier molecular flexibility index (Phi) is 3.00. The van der Waals surface area contributed by atoms with E-state index in [2.05, 4.69) is 9.59 Å². The van der Waals surface area contributed by atoms with Crippen LogP contribution in [0.3, 0.4) is 0 Å². The molecule has 0 aliphatic heterocycles. The summed E-state index contributed by atoms with van der Waals surface area (Å²) < 4.78 is 3.79. The summed E-state index contributed by atoms with van der Waals surface area (Å²) in [6.45, 7) is 1.83. The number of aromatic nitrogens is 2. The number of rotatable bonds is 2. The Morgan fingerprint density at radius 3 is 2.53 bits per heavy atom. The summed E-state index contributed by atoms with van der Waals surface area (Å²) in [5.74, 6) is 0. The van der Waals surface area contributed by atoms with Crippen LogP contribution in [-0.4, -0.2) is 14.7 Å². The molecule has 0 radical (unpaired) electrons. The van der Waals surface area contributed by atoms with Crippen molar-refractivity contribution in [2.24, 2.45) is 0 Å². The van der Waals surface area contributed by atoms with Gasteiger partial charge in [-0.15, -0.1) is 5.10 Å². The highest BCUT2D eigenvalue weighted by atomic mass is 35.5. The summed E-state index contributed by atoms with van der Waals surface area (Å²) in [4.78, 5) is 0.775. The molecule has 1 unspecified atom stereocenters. The standard InChI is InChI=1S/C10H9ClN2OS/c1-6-10(15-13-12-6)9(14)7-2-4-8(11)5-3-7/h2-5,9,14H,1H3. The van der Waals surface area contributed by atoms with E-state index >= 15 is 0 Å². The summed E-state index contributed by atoms with van der Waals surface area (Å²) in [5.41, 5.74) is 1.57. The van der Waals surface area contributed by atoms with E-state index in [1.54, 1.807) is 24.3 Å². The lowest BCUT2D eigenvalue weighted by atomic mass is 10.1. The molecular formula is C10H9ClN2OS. The molecule has 1 heterocycles. The molecule has 0 saturated carbocycles. The van der Waals surface area contributed by atoms with Gasteiger partial charge in [-0.1, -0.05) is 28.2 Å². The van der Waals surface area contributed by atoms with E-state index in [0.29, 0.717) is 5.02 Å². The van der Waals surface area contributed by atoms with E-state index in [0.717, 1.165) is 16.1 Å². The lowest BCUT2D eigenvalue weighted by Crippen LogP contribution is -1.98. The van der Waals surface area contributed by atoms with Gasteiger partial charge in [-0.05, 0) is 36.2 Å². The van der Waals surface area contributed by atoms with Crippen LogP contribution in [0.15, 0.2) is 24.3 Å². The maximum absolute atomic E-state index is 10.0. The molecule has 1 aromatic carbocycles. The Labute approximate surface area is 96.5 Å². The molecule has 15 heavy (non-hydrogen) atoms. The van der Waals surface area contributed by atoms with Gasteiger partial charge in [0.05, 0.1) is 10.6 Å². The van der Waals surface area contributed by atoms with Crippen LogP contribution >= 0.6 is 23.1 Å². The first kappa shape index (κ1) is 10.5. The minimum atomic E-state index is -0.665. The van der Waals surface area contributed by atoms with Gasteiger partial charge >= 0.3 is 0 Å². The highest BCUT2D eigenvalue weighted by molar-refractivity contribution is 7.05. The third kappa shape index (κ3) is 2.17. The number of nitrogens with zero attached hydrogens (tertiary/aromatic N) is 2. The number of hydrogen-bond donors (Lipinski definition) is 1.